The van der Waals surface area contributed by atoms with Gasteiger partial charge in [0.15, 0.2) is 0 Å². The smallest absolute Gasteiger partial charge is 0.409 e. The number of esters is 1. The molecule has 0 radical (unpaired) electrons. The van der Waals surface area contributed by atoms with Gasteiger partial charge < -0.3 is 19.5 Å². The van der Waals surface area contributed by atoms with Gasteiger partial charge in [0.05, 0.1) is 18.4 Å². The van der Waals surface area contributed by atoms with E-state index in [1.807, 2.05) is 18.2 Å². The molecule has 1 N–H and O–H groups in total. The monoisotopic (exact) mass is 516 g/mol. The number of hydrogen-bond acceptors (Lipinski definition) is 6. The van der Waals surface area contributed by atoms with Crippen LogP contribution >= 0.6 is 0 Å². The highest BCUT2D eigenvalue weighted by molar-refractivity contribution is 5.76. The molecule has 4 rings (SSSR count). The molecule has 3 aromatic rings. The van der Waals surface area contributed by atoms with Crippen LogP contribution in [-0.4, -0.2) is 72.3 Å². The van der Waals surface area contributed by atoms with E-state index in [2.05, 4.69) is 77.7 Å². The van der Waals surface area contributed by atoms with E-state index in [-0.39, 0.29) is 26.1 Å². The Labute approximate surface area is 222 Å². The second-order valence-corrected chi connectivity index (χ2v) is 9.01. The third-order valence-corrected chi connectivity index (χ3v) is 6.70. The van der Waals surface area contributed by atoms with Gasteiger partial charge in [-0.05, 0) is 16.7 Å². The van der Waals surface area contributed by atoms with Gasteiger partial charge in [-0.1, -0.05) is 91.0 Å². The van der Waals surface area contributed by atoms with Crippen LogP contribution in [0.4, 0.5) is 4.79 Å². The fourth-order valence-electron chi connectivity index (χ4n) is 4.97. The summed E-state index contributed by atoms with van der Waals surface area (Å²) in [6.45, 7) is 2.01. The Kier molecular flexibility index (Phi) is 9.11. The van der Waals surface area contributed by atoms with Crippen molar-refractivity contribution in [1.82, 2.24) is 9.80 Å². The predicted molar refractivity (Wildman–Crippen MR) is 142 cm³/mol. The number of amides is 1. The van der Waals surface area contributed by atoms with Gasteiger partial charge in [-0.25, -0.2) is 4.79 Å². The quantitative estimate of drug-likeness (QED) is 0.246. The third kappa shape index (κ3) is 6.20. The summed E-state index contributed by atoms with van der Waals surface area (Å²) in [4.78, 5) is 38.8. The van der Waals surface area contributed by atoms with Crippen molar-refractivity contribution in [2.75, 3.05) is 39.4 Å². The summed E-state index contributed by atoms with van der Waals surface area (Å²) in [6, 6.07) is 31.3. The summed E-state index contributed by atoms with van der Waals surface area (Å²) >= 11 is 0. The first-order valence-electron chi connectivity index (χ1n) is 12.7. The zero-order valence-electron chi connectivity index (χ0n) is 21.2. The molecule has 0 aromatic heterocycles. The summed E-state index contributed by atoms with van der Waals surface area (Å²) in [6.07, 6.45) is -0.965. The Morgan fingerprint density at radius 1 is 0.658 bits per heavy atom. The summed E-state index contributed by atoms with van der Waals surface area (Å²) in [7, 11) is 0. The van der Waals surface area contributed by atoms with Crippen molar-refractivity contribution in [3.05, 3.63) is 108 Å². The molecule has 1 aliphatic rings. The van der Waals surface area contributed by atoms with Crippen molar-refractivity contribution in [2.24, 2.45) is 0 Å². The maximum Gasteiger partial charge on any atom is 0.409 e. The van der Waals surface area contributed by atoms with Crippen LogP contribution in [0.3, 0.4) is 0 Å². The average molecular weight is 517 g/mol. The van der Waals surface area contributed by atoms with Crippen LogP contribution in [0.1, 0.15) is 29.5 Å². The molecular weight excluding hydrogens is 484 g/mol. The minimum absolute atomic E-state index is 0.0835. The highest BCUT2D eigenvalue weighted by atomic mass is 16.6. The Hall–Kier alpha value is -4.17. The molecule has 1 saturated heterocycles. The molecule has 1 aliphatic heterocycles. The largest absolute Gasteiger partial charge is 0.481 e. The van der Waals surface area contributed by atoms with Gasteiger partial charge in [-0.3, -0.25) is 14.5 Å². The summed E-state index contributed by atoms with van der Waals surface area (Å²) in [5, 5.41) is 8.63. The maximum atomic E-state index is 12.7. The zero-order chi connectivity index (χ0) is 26.8. The Morgan fingerprint density at radius 3 is 1.55 bits per heavy atom. The van der Waals surface area contributed by atoms with E-state index < -0.39 is 23.6 Å². The number of benzene rings is 3. The fraction of sp³-hybridized carbons (Fsp3) is 0.300. The van der Waals surface area contributed by atoms with E-state index in [0.29, 0.717) is 26.2 Å². The average Bonchev–Trinajstić information content (AvgIpc) is 2.96. The molecule has 1 amide bonds. The van der Waals surface area contributed by atoms with Crippen LogP contribution < -0.4 is 0 Å². The standard InChI is InChI=1S/C30H32N2O6/c33-27(34)16-17-28(35)37-22-23-38-29(36)31-18-20-32(21-19-31)30(24-10-4-1-5-11-24,25-12-6-2-7-13-25)26-14-8-3-9-15-26/h1-15H,16-23H2,(H,33,34). The van der Waals surface area contributed by atoms with Gasteiger partial charge in [0.1, 0.15) is 13.2 Å². The molecule has 1 fully saturated rings. The summed E-state index contributed by atoms with van der Waals surface area (Å²) in [5.41, 5.74) is 2.92. The molecule has 3 aromatic carbocycles. The lowest BCUT2D eigenvalue weighted by Gasteiger charge is -2.48. The molecule has 8 nitrogen and oxygen atoms in total. The lowest BCUT2D eigenvalue weighted by Crippen LogP contribution is -2.57. The van der Waals surface area contributed by atoms with Crippen molar-refractivity contribution in [1.29, 1.82) is 0 Å². The number of ether oxygens (including phenoxy) is 2. The van der Waals surface area contributed by atoms with Crippen LogP contribution in [0.25, 0.3) is 0 Å². The lowest BCUT2D eigenvalue weighted by atomic mass is 9.75. The molecule has 0 atom stereocenters. The van der Waals surface area contributed by atoms with Crippen LogP contribution in [0.5, 0.6) is 0 Å². The van der Waals surface area contributed by atoms with Gasteiger partial charge >= 0.3 is 18.0 Å². The van der Waals surface area contributed by atoms with Crippen molar-refractivity contribution in [3.8, 4) is 0 Å². The molecule has 0 saturated carbocycles. The number of carbonyl (C=O) groups is 3. The predicted octanol–water partition coefficient (Wildman–Crippen LogP) is 4.14. The maximum absolute atomic E-state index is 12.7. The zero-order valence-corrected chi connectivity index (χ0v) is 21.2. The van der Waals surface area contributed by atoms with E-state index >= 15 is 0 Å². The summed E-state index contributed by atoms with van der Waals surface area (Å²) in [5.74, 6) is -1.69. The first-order valence-corrected chi connectivity index (χ1v) is 12.7. The Bertz CT molecular complexity index is 1100. The first kappa shape index (κ1) is 26.9. The van der Waals surface area contributed by atoms with Crippen LogP contribution in [0.2, 0.25) is 0 Å². The lowest BCUT2D eigenvalue weighted by molar-refractivity contribution is -0.148. The van der Waals surface area contributed by atoms with Crippen molar-refractivity contribution in [3.63, 3.8) is 0 Å². The molecule has 38 heavy (non-hydrogen) atoms. The highest BCUT2D eigenvalue weighted by Crippen LogP contribution is 2.42. The van der Waals surface area contributed by atoms with Crippen molar-refractivity contribution < 1.29 is 29.0 Å². The van der Waals surface area contributed by atoms with E-state index in [1.54, 1.807) is 4.90 Å². The minimum Gasteiger partial charge on any atom is -0.481 e. The third-order valence-electron chi connectivity index (χ3n) is 6.70. The summed E-state index contributed by atoms with van der Waals surface area (Å²) < 4.78 is 10.2. The molecule has 0 bridgehead atoms. The molecule has 198 valence electrons. The Morgan fingerprint density at radius 2 is 1.11 bits per heavy atom. The SMILES string of the molecule is O=C(O)CCC(=O)OCCOC(=O)N1CCN(C(c2ccccc2)(c2ccccc2)c2ccccc2)CC1. The van der Waals surface area contributed by atoms with Gasteiger partial charge in [0, 0.05) is 26.2 Å². The van der Waals surface area contributed by atoms with Crippen molar-refractivity contribution in [2.45, 2.75) is 18.4 Å². The van der Waals surface area contributed by atoms with Crippen molar-refractivity contribution >= 4 is 18.0 Å². The van der Waals surface area contributed by atoms with E-state index in [0.717, 1.165) is 16.7 Å². The number of piperazine rings is 1. The Balaban J connectivity index is 1.46. The molecule has 1 heterocycles. The number of carboxylic acids is 1. The normalized spacial score (nSPS) is 14.1. The number of nitrogens with zero attached hydrogens (tertiary/aromatic N) is 2. The van der Waals surface area contributed by atoms with Crippen LogP contribution in [0, 0.1) is 0 Å². The van der Waals surface area contributed by atoms with E-state index in [9.17, 15) is 14.4 Å². The van der Waals surface area contributed by atoms with Gasteiger partial charge in [-0.2, -0.15) is 0 Å². The molecule has 8 heteroatoms. The van der Waals surface area contributed by atoms with E-state index in [1.165, 1.54) is 0 Å². The number of rotatable bonds is 10. The number of carbonyl (C=O) groups excluding carboxylic acids is 2. The van der Waals surface area contributed by atoms with Crippen LogP contribution in [0.15, 0.2) is 91.0 Å². The number of hydrogen-bond donors (Lipinski definition) is 1. The second-order valence-electron chi connectivity index (χ2n) is 9.01. The second kappa shape index (κ2) is 12.9. The van der Waals surface area contributed by atoms with Crippen LogP contribution in [-0.2, 0) is 24.6 Å². The number of aliphatic carboxylic acids is 1. The van der Waals surface area contributed by atoms with Gasteiger partial charge in [0.25, 0.3) is 0 Å². The van der Waals surface area contributed by atoms with E-state index in [4.69, 9.17) is 14.6 Å². The van der Waals surface area contributed by atoms with Gasteiger partial charge in [-0.15, -0.1) is 0 Å². The molecular formula is C30H32N2O6. The minimum atomic E-state index is -1.07. The van der Waals surface area contributed by atoms with Gasteiger partial charge in [0.2, 0.25) is 0 Å². The fourth-order valence-corrected chi connectivity index (χ4v) is 4.97. The molecule has 0 unspecified atom stereocenters. The first-order chi connectivity index (χ1) is 18.5. The topological polar surface area (TPSA) is 96.4 Å². The number of carboxylic acid groups (broad SMARTS) is 1. The highest BCUT2D eigenvalue weighted by Gasteiger charge is 2.43. The molecule has 0 spiro atoms. The molecule has 0 aliphatic carbocycles.